The second-order valence-corrected chi connectivity index (χ2v) is 7.31. The Morgan fingerprint density at radius 1 is 1.59 bits per heavy atom. The van der Waals surface area contributed by atoms with Crippen LogP contribution in [0.15, 0.2) is 12.7 Å². The molecule has 124 valence electrons. The molecule has 0 aromatic rings. The molecule has 2 saturated heterocycles. The van der Waals surface area contributed by atoms with Gasteiger partial charge >= 0.3 is 5.97 Å². The smallest absolute Gasteiger partial charge is 0.337 e. The van der Waals surface area contributed by atoms with Crippen molar-refractivity contribution < 1.29 is 24.2 Å². The Bertz CT molecular complexity index is 507. The van der Waals surface area contributed by atoms with Crippen molar-refractivity contribution in [1.82, 2.24) is 4.90 Å². The van der Waals surface area contributed by atoms with Crippen LogP contribution in [-0.4, -0.2) is 53.0 Å². The molecule has 0 aromatic carbocycles. The lowest BCUT2D eigenvalue weighted by Crippen LogP contribution is -2.64. The van der Waals surface area contributed by atoms with Crippen molar-refractivity contribution in [2.75, 3.05) is 13.7 Å². The van der Waals surface area contributed by atoms with Gasteiger partial charge in [-0.3, -0.25) is 9.69 Å². The molecule has 0 unspecified atom stereocenters. The largest absolute Gasteiger partial charge is 0.467 e. The molecule has 0 radical (unpaired) electrons. The normalized spacial score (nSPS) is 38.1. The maximum absolute atomic E-state index is 12.9. The van der Waals surface area contributed by atoms with Crippen molar-refractivity contribution in [1.29, 1.82) is 0 Å². The molecule has 0 bridgehead atoms. The average Bonchev–Trinajstić information content (AvgIpc) is 2.90. The van der Waals surface area contributed by atoms with Crippen LogP contribution in [0.1, 0.15) is 34.1 Å². The predicted molar refractivity (Wildman–Crippen MR) is 79.7 cm³/mol. The Morgan fingerprint density at radius 3 is 2.64 bits per heavy atom. The molecule has 6 heteroatoms. The second kappa shape index (κ2) is 5.06. The van der Waals surface area contributed by atoms with Gasteiger partial charge in [0.25, 0.3) is 0 Å². The molecule has 0 aromatic heterocycles. The van der Waals surface area contributed by atoms with E-state index in [0.29, 0.717) is 0 Å². The average molecular weight is 311 g/mol. The summed E-state index contributed by atoms with van der Waals surface area (Å²) in [4.78, 5) is 26.8. The highest BCUT2D eigenvalue weighted by atomic mass is 16.6. The summed E-state index contributed by atoms with van der Waals surface area (Å²) >= 11 is 0. The zero-order chi connectivity index (χ0) is 16.9. The third-order valence-corrected chi connectivity index (χ3v) is 4.81. The minimum Gasteiger partial charge on any atom is -0.467 e. The summed E-state index contributed by atoms with van der Waals surface area (Å²) in [6, 6.07) is 0. The first kappa shape index (κ1) is 17.0. The molecule has 1 amide bonds. The summed E-state index contributed by atoms with van der Waals surface area (Å²) in [6.07, 6.45) is 1.27. The molecule has 2 aliphatic heterocycles. The number of ether oxygens (including phenoxy) is 2. The fraction of sp³-hybridized carbons (Fsp3) is 0.750. The number of hydrogen-bond acceptors (Lipinski definition) is 5. The van der Waals surface area contributed by atoms with Gasteiger partial charge in [0.1, 0.15) is 11.8 Å². The molecule has 6 nitrogen and oxygen atoms in total. The lowest BCUT2D eigenvalue weighted by atomic mass is 9.75. The molecule has 4 atom stereocenters. The molecule has 2 aliphatic rings. The lowest BCUT2D eigenvalue weighted by Gasteiger charge is -2.40. The van der Waals surface area contributed by atoms with Gasteiger partial charge in [0.05, 0.1) is 19.6 Å². The van der Waals surface area contributed by atoms with Crippen LogP contribution in [0.4, 0.5) is 0 Å². The van der Waals surface area contributed by atoms with Crippen LogP contribution >= 0.6 is 0 Å². The molecule has 2 heterocycles. The number of hydrogen-bond donors (Lipinski definition) is 1. The summed E-state index contributed by atoms with van der Waals surface area (Å²) < 4.78 is 10.7. The van der Waals surface area contributed by atoms with Crippen molar-refractivity contribution in [2.45, 2.75) is 51.5 Å². The van der Waals surface area contributed by atoms with Crippen LogP contribution in [0, 0.1) is 11.3 Å². The summed E-state index contributed by atoms with van der Waals surface area (Å²) in [5.41, 5.74) is -3.50. The quantitative estimate of drug-likeness (QED) is 0.623. The van der Waals surface area contributed by atoms with Gasteiger partial charge < -0.3 is 14.6 Å². The lowest BCUT2D eigenvalue weighted by molar-refractivity contribution is -0.167. The van der Waals surface area contributed by atoms with Crippen molar-refractivity contribution in [3.63, 3.8) is 0 Å². The van der Waals surface area contributed by atoms with Crippen molar-refractivity contribution >= 4 is 11.9 Å². The number of carbonyl (C=O) groups is 2. The minimum atomic E-state index is -1.59. The highest BCUT2D eigenvalue weighted by molar-refractivity contribution is 5.97. The van der Waals surface area contributed by atoms with E-state index in [0.717, 1.165) is 0 Å². The second-order valence-electron chi connectivity index (χ2n) is 7.31. The Labute approximate surface area is 131 Å². The van der Waals surface area contributed by atoms with Gasteiger partial charge in [-0.1, -0.05) is 26.8 Å². The standard InChI is InChI=1S/C16H25NO5/c1-7-8-10-11(18)17-12(14(2,3)4)22-9-16(17,13(19)21-6)15(10,5)20/h7,10,12,20H,1,8-9H2,2-6H3/t10-,12-,15-,16+/m0/s1. The Morgan fingerprint density at radius 2 is 2.18 bits per heavy atom. The van der Waals surface area contributed by atoms with Gasteiger partial charge in [-0.25, -0.2) is 4.79 Å². The van der Waals surface area contributed by atoms with Gasteiger partial charge in [-0.2, -0.15) is 0 Å². The predicted octanol–water partition coefficient (Wildman–Crippen LogP) is 1.09. The molecule has 1 N–H and O–H groups in total. The Balaban J connectivity index is 2.61. The van der Waals surface area contributed by atoms with Gasteiger partial charge in [0, 0.05) is 5.41 Å². The van der Waals surface area contributed by atoms with Gasteiger partial charge in [0.15, 0.2) is 5.54 Å². The van der Waals surface area contributed by atoms with Crippen LogP contribution < -0.4 is 0 Å². The maximum atomic E-state index is 12.9. The summed E-state index contributed by atoms with van der Waals surface area (Å²) in [5.74, 6) is -1.69. The van der Waals surface area contributed by atoms with Crippen molar-refractivity contribution in [3.8, 4) is 0 Å². The maximum Gasteiger partial charge on any atom is 0.337 e. The number of methoxy groups -OCH3 is 1. The van der Waals surface area contributed by atoms with Crippen LogP contribution in [0.25, 0.3) is 0 Å². The van der Waals surface area contributed by atoms with Crippen LogP contribution in [0.5, 0.6) is 0 Å². The Hall–Kier alpha value is -1.40. The van der Waals surface area contributed by atoms with Crippen LogP contribution in [0.3, 0.4) is 0 Å². The van der Waals surface area contributed by atoms with E-state index in [1.807, 2.05) is 20.8 Å². The number of allylic oxidation sites excluding steroid dienone is 1. The first-order valence-electron chi connectivity index (χ1n) is 7.42. The number of carbonyl (C=O) groups excluding carboxylic acids is 2. The number of fused-ring (bicyclic) bond motifs is 1. The third-order valence-electron chi connectivity index (χ3n) is 4.81. The number of nitrogens with zero attached hydrogens (tertiary/aromatic N) is 1. The van der Waals surface area contributed by atoms with Gasteiger partial charge in [-0.15, -0.1) is 6.58 Å². The van der Waals surface area contributed by atoms with Gasteiger partial charge in [-0.05, 0) is 13.3 Å². The molecular formula is C16H25NO5. The van der Waals surface area contributed by atoms with E-state index in [2.05, 4.69) is 6.58 Å². The molecule has 22 heavy (non-hydrogen) atoms. The first-order chi connectivity index (χ1) is 10.1. The molecule has 0 spiro atoms. The number of rotatable bonds is 3. The zero-order valence-electron chi connectivity index (χ0n) is 13.9. The number of esters is 1. The third kappa shape index (κ3) is 1.93. The van der Waals surface area contributed by atoms with Gasteiger partial charge in [0.2, 0.25) is 5.91 Å². The summed E-state index contributed by atoms with van der Waals surface area (Å²) in [6.45, 7) is 10.8. The first-order valence-corrected chi connectivity index (χ1v) is 7.42. The highest BCUT2D eigenvalue weighted by Crippen LogP contribution is 2.52. The highest BCUT2D eigenvalue weighted by Gasteiger charge is 2.75. The fourth-order valence-electron chi connectivity index (χ4n) is 3.60. The summed E-state index contributed by atoms with van der Waals surface area (Å²) in [7, 11) is 1.25. The monoisotopic (exact) mass is 311 g/mol. The molecular weight excluding hydrogens is 286 g/mol. The molecule has 2 rings (SSSR count). The number of amides is 1. The van der Waals surface area contributed by atoms with Crippen molar-refractivity contribution in [3.05, 3.63) is 12.7 Å². The number of aliphatic hydroxyl groups is 1. The van der Waals surface area contributed by atoms with E-state index >= 15 is 0 Å². The van der Waals surface area contributed by atoms with Crippen LogP contribution in [0.2, 0.25) is 0 Å². The molecule has 2 fully saturated rings. The topological polar surface area (TPSA) is 76.1 Å². The van der Waals surface area contributed by atoms with E-state index in [4.69, 9.17) is 9.47 Å². The van der Waals surface area contributed by atoms with Crippen LogP contribution in [-0.2, 0) is 19.1 Å². The minimum absolute atomic E-state index is 0.0754. The zero-order valence-corrected chi connectivity index (χ0v) is 13.9. The van der Waals surface area contributed by atoms with E-state index in [1.54, 1.807) is 6.08 Å². The summed E-state index contributed by atoms with van der Waals surface area (Å²) in [5, 5.41) is 11.1. The van der Waals surface area contributed by atoms with E-state index in [-0.39, 0.29) is 18.9 Å². The fourth-order valence-corrected chi connectivity index (χ4v) is 3.60. The van der Waals surface area contributed by atoms with Crippen molar-refractivity contribution in [2.24, 2.45) is 11.3 Å². The Kier molecular flexibility index (Phi) is 3.90. The SMILES string of the molecule is C=CC[C@H]1C(=O)N2[C@H](C(C)(C)C)OC[C@@]2(C(=O)OC)[C@@]1(C)O. The van der Waals surface area contributed by atoms with E-state index in [9.17, 15) is 14.7 Å². The van der Waals surface area contributed by atoms with E-state index in [1.165, 1.54) is 18.9 Å². The molecule has 0 aliphatic carbocycles. The molecule has 0 saturated carbocycles. The van der Waals surface area contributed by atoms with E-state index < -0.39 is 34.7 Å².